The molecule has 1 aromatic rings. The molecule has 0 aliphatic rings. The van der Waals surface area contributed by atoms with E-state index in [0.717, 1.165) is 7.11 Å². The molecule has 16 heavy (non-hydrogen) atoms. The molecule has 0 aromatic carbocycles. The lowest BCUT2D eigenvalue weighted by Gasteiger charge is -2.09. The summed E-state index contributed by atoms with van der Waals surface area (Å²) < 4.78 is 30.1. The van der Waals surface area contributed by atoms with Crippen LogP contribution >= 0.6 is 31.9 Å². The van der Waals surface area contributed by atoms with Crippen molar-refractivity contribution in [3.05, 3.63) is 27.5 Å². The smallest absolute Gasteiger partial charge is 0.357 e. The Morgan fingerprint density at radius 1 is 1.62 bits per heavy atom. The number of pyridine rings is 1. The average Bonchev–Trinajstić information content (AvgIpc) is 2.27. The van der Waals surface area contributed by atoms with Crippen molar-refractivity contribution in [3.8, 4) is 0 Å². The minimum absolute atomic E-state index is 0.348. The van der Waals surface area contributed by atoms with Gasteiger partial charge in [0, 0.05) is 9.80 Å². The number of carbonyl (C=O) groups is 1. The number of carbonyl (C=O) groups excluding carboxylic acids is 1. The second kappa shape index (κ2) is 5.67. The van der Waals surface area contributed by atoms with E-state index in [2.05, 4.69) is 41.6 Å². The quantitative estimate of drug-likeness (QED) is 0.613. The van der Waals surface area contributed by atoms with Crippen LogP contribution in [0, 0.1) is 0 Å². The third-order valence-corrected chi connectivity index (χ3v) is 3.04. The van der Waals surface area contributed by atoms with Crippen LogP contribution in [0.25, 0.3) is 0 Å². The Morgan fingerprint density at radius 2 is 2.25 bits per heavy atom. The molecule has 0 radical (unpaired) electrons. The van der Waals surface area contributed by atoms with Crippen LogP contribution < -0.4 is 0 Å². The van der Waals surface area contributed by atoms with Gasteiger partial charge >= 0.3 is 5.97 Å². The normalized spacial score (nSPS) is 10.6. The first-order valence-electron chi connectivity index (χ1n) is 4.13. The first kappa shape index (κ1) is 13.5. The minimum atomic E-state index is -2.78. The lowest BCUT2D eigenvalue weighted by molar-refractivity contribution is 0.0581. The van der Waals surface area contributed by atoms with Gasteiger partial charge in [-0.15, -0.1) is 0 Å². The van der Waals surface area contributed by atoms with E-state index in [-0.39, 0.29) is 5.69 Å². The van der Waals surface area contributed by atoms with E-state index in [1.807, 2.05) is 0 Å². The molecule has 1 heterocycles. The maximum atomic E-state index is 12.7. The Labute approximate surface area is 107 Å². The Balaban J connectivity index is 3.36. The Hall–Kier alpha value is -0.560. The van der Waals surface area contributed by atoms with Gasteiger partial charge in [-0.05, 0) is 22.0 Å². The van der Waals surface area contributed by atoms with Crippen LogP contribution in [0.2, 0.25) is 0 Å². The molecule has 7 heteroatoms. The predicted octanol–water partition coefficient (Wildman–Crippen LogP) is 3.46. The Bertz CT molecular complexity index is 413. The maximum Gasteiger partial charge on any atom is 0.357 e. The fourth-order valence-corrected chi connectivity index (χ4v) is 2.34. The topological polar surface area (TPSA) is 39.2 Å². The van der Waals surface area contributed by atoms with E-state index in [1.54, 1.807) is 0 Å². The van der Waals surface area contributed by atoms with Crippen molar-refractivity contribution in [1.29, 1.82) is 0 Å². The summed E-state index contributed by atoms with van der Waals surface area (Å²) in [6.07, 6.45) is -2.78. The summed E-state index contributed by atoms with van der Waals surface area (Å²) in [6, 6.07) is 1.18. The van der Waals surface area contributed by atoms with Crippen molar-refractivity contribution in [3.63, 3.8) is 0 Å². The van der Waals surface area contributed by atoms with Gasteiger partial charge in [-0.3, -0.25) is 0 Å². The fourth-order valence-electron chi connectivity index (χ4n) is 1.06. The zero-order chi connectivity index (χ0) is 12.3. The zero-order valence-electron chi connectivity index (χ0n) is 8.14. The maximum absolute atomic E-state index is 12.7. The first-order chi connectivity index (χ1) is 7.51. The summed E-state index contributed by atoms with van der Waals surface area (Å²) >= 11 is 6.25. The molecule has 0 bridgehead atoms. The fraction of sp³-hybridized carbons (Fsp3) is 0.333. The van der Waals surface area contributed by atoms with Gasteiger partial charge in [0.25, 0.3) is 6.43 Å². The van der Waals surface area contributed by atoms with Crippen LogP contribution in [0.15, 0.2) is 10.5 Å². The number of ether oxygens (including phenoxy) is 1. The molecular weight excluding hydrogens is 352 g/mol. The molecular formula is C9H7Br2F2NO2. The van der Waals surface area contributed by atoms with Crippen LogP contribution in [0.1, 0.15) is 28.2 Å². The molecule has 1 aromatic heterocycles. The lowest BCUT2D eigenvalue weighted by atomic mass is 10.2. The molecule has 3 nitrogen and oxygen atoms in total. The van der Waals surface area contributed by atoms with Crippen LogP contribution in [0.5, 0.6) is 0 Å². The lowest BCUT2D eigenvalue weighted by Crippen LogP contribution is -2.11. The van der Waals surface area contributed by atoms with Gasteiger partial charge in [-0.25, -0.2) is 18.6 Å². The molecule has 0 atom stereocenters. The SMILES string of the molecule is COC(=O)c1nc(CBr)c(Br)cc1C(F)F. The molecule has 88 valence electrons. The molecule has 0 unspecified atom stereocenters. The molecule has 0 aliphatic heterocycles. The summed E-state index contributed by atoms with van der Waals surface area (Å²) in [5.41, 5.74) is -0.330. The van der Waals surface area contributed by atoms with Gasteiger partial charge in [0.15, 0.2) is 5.69 Å². The van der Waals surface area contributed by atoms with Gasteiger partial charge in [-0.1, -0.05) is 15.9 Å². The zero-order valence-corrected chi connectivity index (χ0v) is 11.3. The number of esters is 1. The highest BCUT2D eigenvalue weighted by molar-refractivity contribution is 9.10. The summed E-state index contributed by atoms with van der Waals surface area (Å²) in [4.78, 5) is 15.1. The molecule has 0 saturated carbocycles. The molecule has 1 rings (SSSR count). The first-order valence-corrected chi connectivity index (χ1v) is 6.04. The summed E-state index contributed by atoms with van der Waals surface area (Å²) in [7, 11) is 1.12. The van der Waals surface area contributed by atoms with E-state index in [0.29, 0.717) is 15.5 Å². The largest absolute Gasteiger partial charge is 0.464 e. The van der Waals surface area contributed by atoms with Crippen molar-refractivity contribution >= 4 is 37.8 Å². The Kier molecular flexibility index (Phi) is 4.79. The summed E-state index contributed by atoms with van der Waals surface area (Å²) in [5.74, 6) is -0.870. The van der Waals surface area contributed by atoms with Crippen LogP contribution in [-0.4, -0.2) is 18.1 Å². The monoisotopic (exact) mass is 357 g/mol. The van der Waals surface area contributed by atoms with E-state index < -0.39 is 18.0 Å². The van der Waals surface area contributed by atoms with Crippen molar-refractivity contribution in [2.75, 3.05) is 7.11 Å². The Morgan fingerprint density at radius 3 is 2.69 bits per heavy atom. The second-order valence-electron chi connectivity index (χ2n) is 2.78. The van der Waals surface area contributed by atoms with Crippen molar-refractivity contribution in [1.82, 2.24) is 4.98 Å². The number of hydrogen-bond acceptors (Lipinski definition) is 3. The molecule has 0 N–H and O–H groups in total. The number of halogens is 4. The van der Waals surface area contributed by atoms with E-state index in [1.165, 1.54) is 6.07 Å². The molecule has 0 amide bonds. The van der Waals surface area contributed by atoms with Gasteiger partial charge in [0.05, 0.1) is 18.4 Å². The standard InChI is InChI=1S/C9H7Br2F2NO2/c1-16-9(15)7-4(8(12)13)2-5(11)6(3-10)14-7/h2,8H,3H2,1H3. The predicted molar refractivity (Wildman–Crippen MR) is 60.9 cm³/mol. The van der Waals surface area contributed by atoms with E-state index in [9.17, 15) is 13.6 Å². The third-order valence-electron chi connectivity index (χ3n) is 1.82. The van der Waals surface area contributed by atoms with Crippen molar-refractivity contribution in [2.45, 2.75) is 11.8 Å². The van der Waals surface area contributed by atoms with Crippen LogP contribution in [-0.2, 0) is 10.1 Å². The number of aromatic nitrogens is 1. The van der Waals surface area contributed by atoms with Crippen LogP contribution in [0.3, 0.4) is 0 Å². The van der Waals surface area contributed by atoms with Crippen molar-refractivity contribution < 1.29 is 18.3 Å². The number of hydrogen-bond donors (Lipinski definition) is 0. The average molecular weight is 359 g/mol. The highest BCUT2D eigenvalue weighted by Gasteiger charge is 2.22. The highest BCUT2D eigenvalue weighted by Crippen LogP contribution is 2.28. The van der Waals surface area contributed by atoms with Crippen molar-refractivity contribution in [2.24, 2.45) is 0 Å². The van der Waals surface area contributed by atoms with E-state index in [4.69, 9.17) is 0 Å². The van der Waals surface area contributed by atoms with Crippen LogP contribution in [0.4, 0.5) is 8.78 Å². The number of nitrogens with zero attached hydrogens (tertiary/aromatic N) is 1. The van der Waals surface area contributed by atoms with E-state index >= 15 is 0 Å². The van der Waals surface area contributed by atoms with Gasteiger partial charge in [0.1, 0.15) is 0 Å². The molecule has 0 spiro atoms. The molecule has 0 saturated heterocycles. The highest BCUT2D eigenvalue weighted by atomic mass is 79.9. The molecule has 0 fully saturated rings. The second-order valence-corrected chi connectivity index (χ2v) is 4.20. The number of methoxy groups -OCH3 is 1. The third kappa shape index (κ3) is 2.76. The summed E-state index contributed by atoms with van der Waals surface area (Å²) in [6.45, 7) is 0. The number of alkyl halides is 3. The number of rotatable bonds is 3. The summed E-state index contributed by atoms with van der Waals surface area (Å²) in [5, 5.41) is 0.348. The van der Waals surface area contributed by atoms with Gasteiger partial charge in [0.2, 0.25) is 0 Å². The van der Waals surface area contributed by atoms with Gasteiger partial charge < -0.3 is 4.74 Å². The molecule has 0 aliphatic carbocycles. The van der Waals surface area contributed by atoms with Gasteiger partial charge in [-0.2, -0.15) is 0 Å². The minimum Gasteiger partial charge on any atom is -0.464 e.